The highest BCUT2D eigenvalue weighted by Gasteiger charge is 2.34. The van der Waals surface area contributed by atoms with Crippen LogP contribution in [0.15, 0.2) is 0 Å². The van der Waals surface area contributed by atoms with Crippen LogP contribution in [-0.4, -0.2) is 53.9 Å². The maximum absolute atomic E-state index is 12.4. The summed E-state index contributed by atoms with van der Waals surface area (Å²) in [6.45, 7) is 2.35. The highest BCUT2D eigenvalue weighted by Crippen LogP contribution is 2.23. The van der Waals surface area contributed by atoms with Gasteiger partial charge in [-0.15, -0.1) is 11.3 Å². The average Bonchev–Trinajstić information content (AvgIpc) is 2.66. The number of H-pyrrole nitrogens is 1. The fourth-order valence-electron chi connectivity index (χ4n) is 2.07. The summed E-state index contributed by atoms with van der Waals surface area (Å²) in [5.41, 5.74) is 0.885. The fourth-order valence-corrected chi connectivity index (χ4v) is 6.18. The number of aromatic amines is 1. The highest BCUT2D eigenvalue weighted by atomic mass is 32.2. The fraction of sp³-hybridized carbons (Fsp3) is 0.636. The Hall–Kier alpha value is -0.380. The van der Waals surface area contributed by atoms with E-state index in [1.165, 1.54) is 22.5 Å². The molecule has 1 amide bonds. The first kappa shape index (κ1) is 16.0. The summed E-state index contributed by atoms with van der Waals surface area (Å²) in [5.74, 6) is 1.08. The lowest BCUT2D eigenvalue weighted by atomic mass is 10.2. The summed E-state index contributed by atoms with van der Waals surface area (Å²) in [4.78, 5) is 17.8. The van der Waals surface area contributed by atoms with Crippen LogP contribution >= 0.6 is 35.3 Å². The van der Waals surface area contributed by atoms with Crippen LogP contribution in [-0.2, 0) is 21.1 Å². The van der Waals surface area contributed by atoms with Crippen LogP contribution in [0.2, 0.25) is 0 Å². The molecule has 0 aliphatic carbocycles. The van der Waals surface area contributed by atoms with Gasteiger partial charge in [0.25, 0.3) is 0 Å². The van der Waals surface area contributed by atoms with E-state index in [1.54, 1.807) is 11.8 Å². The summed E-state index contributed by atoms with van der Waals surface area (Å²) in [7, 11) is -3.26. The first-order valence-corrected chi connectivity index (χ1v) is 10.4. The average molecular weight is 353 g/mol. The molecule has 112 valence electrons. The van der Waals surface area contributed by atoms with E-state index in [0.29, 0.717) is 16.3 Å². The first-order chi connectivity index (χ1) is 9.29. The monoisotopic (exact) mass is 352 g/mol. The summed E-state index contributed by atoms with van der Waals surface area (Å²) in [6.07, 6.45) is 1.40. The minimum atomic E-state index is -3.26. The standard InChI is InChI=1S/C11H16N2O3S4/c1-7-8(19-11(17)12-7)5-9(14)13-3-4-18-6-10(13)20(2,15)16/h10H,3-6H2,1-2H3,(H,12,17). The third-order valence-electron chi connectivity index (χ3n) is 3.13. The molecule has 1 aliphatic rings. The van der Waals surface area contributed by atoms with Gasteiger partial charge in [0.15, 0.2) is 13.8 Å². The van der Waals surface area contributed by atoms with Crippen molar-refractivity contribution >= 4 is 51.1 Å². The van der Waals surface area contributed by atoms with Crippen LogP contribution in [0.3, 0.4) is 0 Å². The second-order valence-corrected chi connectivity index (χ2v) is 9.81. The molecule has 1 saturated heterocycles. The van der Waals surface area contributed by atoms with E-state index in [0.717, 1.165) is 16.3 Å². The van der Waals surface area contributed by atoms with Crippen LogP contribution in [0.4, 0.5) is 0 Å². The maximum atomic E-state index is 12.4. The van der Waals surface area contributed by atoms with Crippen molar-refractivity contribution in [2.75, 3.05) is 24.3 Å². The summed E-state index contributed by atoms with van der Waals surface area (Å²) < 4.78 is 24.2. The molecule has 0 saturated carbocycles. The van der Waals surface area contributed by atoms with Crippen molar-refractivity contribution in [1.29, 1.82) is 0 Å². The molecule has 0 bridgehead atoms. The van der Waals surface area contributed by atoms with Crippen molar-refractivity contribution in [3.63, 3.8) is 0 Å². The number of rotatable bonds is 3. The number of aryl methyl sites for hydroxylation is 1. The van der Waals surface area contributed by atoms with Gasteiger partial charge in [-0.3, -0.25) is 4.79 Å². The molecule has 2 rings (SSSR count). The minimum Gasteiger partial charge on any atom is -0.341 e. The van der Waals surface area contributed by atoms with Gasteiger partial charge in [0.05, 0.1) is 6.42 Å². The number of sulfone groups is 1. The quantitative estimate of drug-likeness (QED) is 0.837. The third-order valence-corrected chi connectivity index (χ3v) is 7.11. The number of amides is 1. The zero-order valence-corrected chi connectivity index (χ0v) is 14.5. The number of nitrogens with zero attached hydrogens (tertiary/aromatic N) is 1. The topological polar surface area (TPSA) is 70.2 Å². The molecular weight excluding hydrogens is 336 g/mol. The smallest absolute Gasteiger partial charge is 0.229 e. The normalized spacial score (nSPS) is 20.1. The van der Waals surface area contributed by atoms with Crippen LogP contribution < -0.4 is 0 Å². The summed E-state index contributed by atoms with van der Waals surface area (Å²) in [6, 6.07) is 0. The Balaban J connectivity index is 2.18. The third kappa shape index (κ3) is 3.63. The van der Waals surface area contributed by atoms with Crippen LogP contribution in [0.1, 0.15) is 10.6 Å². The molecule has 1 N–H and O–H groups in total. The predicted molar refractivity (Wildman–Crippen MR) is 85.6 cm³/mol. The number of nitrogens with one attached hydrogen (secondary N) is 1. The predicted octanol–water partition coefficient (Wildman–Crippen LogP) is 1.60. The molecule has 1 unspecified atom stereocenters. The second-order valence-electron chi connectivity index (χ2n) is 4.69. The Kier molecular flexibility index (Phi) is 4.93. The van der Waals surface area contributed by atoms with E-state index in [4.69, 9.17) is 12.2 Å². The molecule has 0 spiro atoms. The van der Waals surface area contributed by atoms with E-state index in [9.17, 15) is 13.2 Å². The molecule has 1 aliphatic heterocycles. The Morgan fingerprint density at radius 3 is 2.80 bits per heavy atom. The second kappa shape index (κ2) is 6.17. The summed E-state index contributed by atoms with van der Waals surface area (Å²) >= 11 is 7.99. The minimum absolute atomic E-state index is 0.144. The van der Waals surface area contributed by atoms with Crippen molar-refractivity contribution in [3.05, 3.63) is 14.5 Å². The van der Waals surface area contributed by atoms with Crippen molar-refractivity contribution in [2.45, 2.75) is 18.7 Å². The van der Waals surface area contributed by atoms with Crippen LogP contribution in [0, 0.1) is 10.9 Å². The number of carbonyl (C=O) groups is 1. The van der Waals surface area contributed by atoms with Gasteiger partial charge in [-0.1, -0.05) is 0 Å². The van der Waals surface area contributed by atoms with Gasteiger partial charge in [0, 0.05) is 34.9 Å². The van der Waals surface area contributed by atoms with E-state index in [1.807, 2.05) is 6.92 Å². The Morgan fingerprint density at radius 2 is 2.25 bits per heavy atom. The van der Waals surface area contributed by atoms with Gasteiger partial charge >= 0.3 is 0 Å². The molecule has 1 aromatic heterocycles. The van der Waals surface area contributed by atoms with Crippen LogP contribution in [0.5, 0.6) is 0 Å². The van der Waals surface area contributed by atoms with Gasteiger partial charge in [-0.25, -0.2) is 8.42 Å². The lowest BCUT2D eigenvalue weighted by Crippen LogP contribution is -2.50. The molecule has 0 radical (unpaired) electrons. The Labute approximate surface area is 131 Å². The molecule has 9 heteroatoms. The Morgan fingerprint density at radius 1 is 1.55 bits per heavy atom. The highest BCUT2D eigenvalue weighted by molar-refractivity contribution is 8.00. The van der Waals surface area contributed by atoms with Gasteiger partial charge in [0.2, 0.25) is 5.91 Å². The molecule has 0 aromatic carbocycles. The zero-order chi connectivity index (χ0) is 14.9. The van der Waals surface area contributed by atoms with E-state index in [2.05, 4.69) is 4.98 Å². The summed E-state index contributed by atoms with van der Waals surface area (Å²) in [5, 5.41) is -0.707. The van der Waals surface area contributed by atoms with E-state index >= 15 is 0 Å². The Bertz CT molecular complexity index is 661. The zero-order valence-electron chi connectivity index (χ0n) is 11.2. The van der Waals surface area contributed by atoms with Crippen molar-refractivity contribution in [3.8, 4) is 0 Å². The molecule has 1 atom stereocenters. The van der Waals surface area contributed by atoms with Gasteiger partial charge in [0.1, 0.15) is 5.37 Å². The van der Waals surface area contributed by atoms with Crippen LogP contribution in [0.25, 0.3) is 0 Å². The maximum Gasteiger partial charge on any atom is 0.229 e. The lowest BCUT2D eigenvalue weighted by molar-refractivity contribution is -0.130. The first-order valence-electron chi connectivity index (χ1n) is 6.03. The number of carbonyl (C=O) groups excluding carboxylic acids is 1. The van der Waals surface area contributed by atoms with Crippen molar-refractivity contribution < 1.29 is 13.2 Å². The van der Waals surface area contributed by atoms with Crippen molar-refractivity contribution in [2.24, 2.45) is 0 Å². The molecule has 1 aromatic rings. The number of aromatic nitrogens is 1. The molecule has 20 heavy (non-hydrogen) atoms. The molecule has 1 fully saturated rings. The molecular formula is C11H16N2O3S4. The largest absolute Gasteiger partial charge is 0.341 e. The molecule has 2 heterocycles. The number of hydrogen-bond acceptors (Lipinski definition) is 6. The van der Waals surface area contributed by atoms with E-state index < -0.39 is 15.2 Å². The molecule has 5 nitrogen and oxygen atoms in total. The number of thioether (sulfide) groups is 1. The van der Waals surface area contributed by atoms with E-state index in [-0.39, 0.29) is 12.3 Å². The SMILES string of the molecule is Cc1[nH]c(=S)sc1CC(=O)N1CCSCC1S(C)(=O)=O. The van der Waals surface area contributed by atoms with Crippen molar-refractivity contribution in [1.82, 2.24) is 9.88 Å². The van der Waals surface area contributed by atoms with Gasteiger partial charge in [-0.2, -0.15) is 11.8 Å². The number of thiazole rings is 1. The lowest BCUT2D eigenvalue weighted by Gasteiger charge is -2.34. The van der Waals surface area contributed by atoms with Gasteiger partial charge < -0.3 is 9.88 Å². The number of hydrogen-bond donors (Lipinski definition) is 1. The van der Waals surface area contributed by atoms with Gasteiger partial charge in [-0.05, 0) is 19.1 Å².